The topological polar surface area (TPSA) is 59.0 Å². The Labute approximate surface area is 143 Å². The van der Waals surface area contributed by atoms with Crippen LogP contribution in [0.4, 0.5) is 0 Å². The highest BCUT2D eigenvalue weighted by Crippen LogP contribution is 2.33. The van der Waals surface area contributed by atoms with Gasteiger partial charge in [0.25, 0.3) is 5.91 Å². The number of ether oxygens (including phenoxy) is 2. The van der Waals surface area contributed by atoms with Gasteiger partial charge in [0.15, 0.2) is 0 Å². The molecule has 0 spiro atoms. The number of rotatable bonds is 6. The Kier molecular flexibility index (Phi) is 5.74. The van der Waals surface area contributed by atoms with E-state index in [0.29, 0.717) is 37.8 Å². The van der Waals surface area contributed by atoms with Gasteiger partial charge in [0.1, 0.15) is 5.75 Å². The zero-order valence-electron chi connectivity index (χ0n) is 14.4. The summed E-state index contributed by atoms with van der Waals surface area (Å²) in [5.74, 6) is 0.517. The van der Waals surface area contributed by atoms with E-state index in [1.807, 2.05) is 11.0 Å². The molecule has 1 aliphatic heterocycles. The first-order valence-corrected chi connectivity index (χ1v) is 8.90. The summed E-state index contributed by atoms with van der Waals surface area (Å²) in [6.45, 7) is 3.27. The van der Waals surface area contributed by atoms with Crippen molar-refractivity contribution in [3.8, 4) is 5.75 Å². The van der Waals surface area contributed by atoms with Crippen molar-refractivity contribution in [1.82, 2.24) is 4.90 Å². The van der Waals surface area contributed by atoms with Crippen molar-refractivity contribution in [2.45, 2.75) is 32.1 Å². The number of methoxy groups -OCH3 is 1. The van der Waals surface area contributed by atoms with E-state index >= 15 is 0 Å². The average molecular weight is 333 g/mol. The highest BCUT2D eigenvalue weighted by atomic mass is 16.5. The van der Waals surface area contributed by atoms with Crippen LogP contribution in [0.1, 0.15) is 40.7 Å². The lowest BCUT2D eigenvalue weighted by Crippen LogP contribution is -2.29. The lowest BCUT2D eigenvalue weighted by atomic mass is 9.89. The summed E-state index contributed by atoms with van der Waals surface area (Å²) < 4.78 is 10.5. The molecule has 1 saturated heterocycles. The minimum Gasteiger partial charge on any atom is -0.507 e. The van der Waals surface area contributed by atoms with E-state index in [0.717, 1.165) is 44.2 Å². The summed E-state index contributed by atoms with van der Waals surface area (Å²) in [4.78, 5) is 14.6. The molecule has 1 heterocycles. The summed E-state index contributed by atoms with van der Waals surface area (Å²) in [5, 5.41) is 10.5. The van der Waals surface area contributed by atoms with Gasteiger partial charge in [0.05, 0.1) is 25.4 Å². The van der Waals surface area contributed by atoms with Crippen molar-refractivity contribution in [3.05, 3.63) is 28.8 Å². The molecule has 1 amide bonds. The molecule has 1 unspecified atom stereocenters. The number of phenolic OH excluding ortho intramolecular Hbond substituents is 1. The predicted octanol–water partition coefficient (Wildman–Crippen LogP) is 2.40. The highest BCUT2D eigenvalue weighted by molar-refractivity contribution is 5.97. The number of carbonyl (C=O) groups excluding carboxylic acids is 1. The zero-order chi connectivity index (χ0) is 16.9. The van der Waals surface area contributed by atoms with E-state index in [1.165, 1.54) is 5.56 Å². The molecule has 5 heteroatoms. The van der Waals surface area contributed by atoms with Crippen LogP contribution in [0.15, 0.2) is 12.1 Å². The third kappa shape index (κ3) is 3.73. The SMILES string of the molecule is COCCOCC1CCN(C(=O)c2ccc3c(c2O)CCCC3)C1. The third-order valence-corrected chi connectivity index (χ3v) is 5.09. The van der Waals surface area contributed by atoms with Gasteiger partial charge in [-0.15, -0.1) is 0 Å². The molecule has 0 saturated carbocycles. The van der Waals surface area contributed by atoms with E-state index in [2.05, 4.69) is 0 Å². The first-order valence-electron chi connectivity index (χ1n) is 8.90. The Bertz CT molecular complexity index is 587. The fourth-order valence-electron chi connectivity index (χ4n) is 3.70. The number of nitrogens with zero attached hydrogens (tertiary/aromatic N) is 1. The lowest BCUT2D eigenvalue weighted by Gasteiger charge is -2.21. The zero-order valence-corrected chi connectivity index (χ0v) is 14.4. The molecule has 5 nitrogen and oxygen atoms in total. The van der Waals surface area contributed by atoms with E-state index in [9.17, 15) is 9.90 Å². The second kappa shape index (κ2) is 7.99. The van der Waals surface area contributed by atoms with Crippen LogP contribution in [0.3, 0.4) is 0 Å². The summed E-state index contributed by atoms with van der Waals surface area (Å²) in [5.41, 5.74) is 2.63. The van der Waals surface area contributed by atoms with Crippen LogP contribution in [0, 0.1) is 5.92 Å². The average Bonchev–Trinajstić information content (AvgIpc) is 3.08. The molecule has 1 aromatic carbocycles. The molecule has 1 fully saturated rings. The molecular weight excluding hydrogens is 306 g/mol. The van der Waals surface area contributed by atoms with Gasteiger partial charge in [-0.2, -0.15) is 0 Å². The number of hydrogen-bond acceptors (Lipinski definition) is 4. The first kappa shape index (κ1) is 17.2. The Balaban J connectivity index is 1.61. The number of likely N-dealkylation sites (tertiary alicyclic amines) is 1. The molecule has 0 bridgehead atoms. The van der Waals surface area contributed by atoms with Crippen LogP contribution >= 0.6 is 0 Å². The van der Waals surface area contributed by atoms with E-state index in [4.69, 9.17) is 9.47 Å². The molecule has 2 aliphatic rings. The maximum absolute atomic E-state index is 12.8. The Morgan fingerprint density at radius 3 is 2.96 bits per heavy atom. The number of phenols is 1. The van der Waals surface area contributed by atoms with Crippen LogP contribution in [-0.4, -0.2) is 55.9 Å². The summed E-state index contributed by atoms with van der Waals surface area (Å²) in [6, 6.07) is 3.81. The second-order valence-corrected chi connectivity index (χ2v) is 6.78. The molecule has 132 valence electrons. The lowest BCUT2D eigenvalue weighted by molar-refractivity contribution is 0.0515. The van der Waals surface area contributed by atoms with Crippen LogP contribution in [-0.2, 0) is 22.3 Å². The normalized spacial score (nSPS) is 20.2. The predicted molar refractivity (Wildman–Crippen MR) is 91.5 cm³/mol. The molecular formula is C19H27NO4. The minimum atomic E-state index is -0.0553. The van der Waals surface area contributed by atoms with Gasteiger partial charge in [0.2, 0.25) is 0 Å². The van der Waals surface area contributed by atoms with E-state index in [-0.39, 0.29) is 11.7 Å². The van der Waals surface area contributed by atoms with Crippen molar-refractivity contribution in [3.63, 3.8) is 0 Å². The number of hydrogen-bond donors (Lipinski definition) is 1. The molecule has 1 N–H and O–H groups in total. The summed E-state index contributed by atoms with van der Waals surface area (Å²) >= 11 is 0. The largest absolute Gasteiger partial charge is 0.507 e. The van der Waals surface area contributed by atoms with Crippen molar-refractivity contribution in [2.24, 2.45) is 5.92 Å². The fraction of sp³-hybridized carbons (Fsp3) is 0.632. The van der Waals surface area contributed by atoms with Crippen molar-refractivity contribution < 1.29 is 19.4 Å². The van der Waals surface area contributed by atoms with Crippen LogP contribution < -0.4 is 0 Å². The maximum atomic E-state index is 12.8. The Morgan fingerprint density at radius 1 is 1.29 bits per heavy atom. The minimum absolute atomic E-state index is 0.0553. The molecule has 1 atom stereocenters. The number of amides is 1. The van der Waals surface area contributed by atoms with Crippen molar-refractivity contribution >= 4 is 5.91 Å². The van der Waals surface area contributed by atoms with Gasteiger partial charge in [-0.05, 0) is 49.3 Å². The second-order valence-electron chi connectivity index (χ2n) is 6.78. The third-order valence-electron chi connectivity index (χ3n) is 5.09. The monoisotopic (exact) mass is 333 g/mol. The van der Waals surface area contributed by atoms with Crippen LogP contribution in [0.25, 0.3) is 0 Å². The number of carbonyl (C=O) groups is 1. The molecule has 24 heavy (non-hydrogen) atoms. The Morgan fingerprint density at radius 2 is 2.12 bits per heavy atom. The van der Waals surface area contributed by atoms with Gasteiger partial charge < -0.3 is 19.5 Å². The molecule has 0 aromatic heterocycles. The fourth-order valence-corrected chi connectivity index (χ4v) is 3.70. The molecule has 3 rings (SSSR count). The molecule has 1 aliphatic carbocycles. The van der Waals surface area contributed by atoms with Crippen molar-refractivity contribution in [1.29, 1.82) is 0 Å². The Hall–Kier alpha value is -1.59. The van der Waals surface area contributed by atoms with E-state index < -0.39 is 0 Å². The van der Waals surface area contributed by atoms with Gasteiger partial charge in [-0.25, -0.2) is 0 Å². The van der Waals surface area contributed by atoms with Crippen LogP contribution in [0.5, 0.6) is 5.75 Å². The van der Waals surface area contributed by atoms with Crippen LogP contribution in [0.2, 0.25) is 0 Å². The molecule has 0 radical (unpaired) electrons. The standard InChI is InChI=1S/C19H27NO4/c1-23-10-11-24-13-14-8-9-20(12-14)19(22)17-7-6-15-4-2-3-5-16(15)18(17)21/h6-7,14,21H,2-5,8-13H2,1H3. The smallest absolute Gasteiger partial charge is 0.257 e. The summed E-state index contributed by atoms with van der Waals surface area (Å²) in [6.07, 6.45) is 5.07. The highest BCUT2D eigenvalue weighted by Gasteiger charge is 2.29. The number of fused-ring (bicyclic) bond motifs is 1. The summed E-state index contributed by atoms with van der Waals surface area (Å²) in [7, 11) is 1.66. The van der Waals surface area contributed by atoms with Crippen molar-refractivity contribution in [2.75, 3.05) is 40.0 Å². The van der Waals surface area contributed by atoms with E-state index in [1.54, 1.807) is 13.2 Å². The van der Waals surface area contributed by atoms with Gasteiger partial charge in [0, 0.05) is 26.1 Å². The number of aryl methyl sites for hydroxylation is 1. The number of benzene rings is 1. The van der Waals surface area contributed by atoms with Gasteiger partial charge in [-0.3, -0.25) is 4.79 Å². The maximum Gasteiger partial charge on any atom is 0.257 e. The van der Waals surface area contributed by atoms with Gasteiger partial charge in [-0.1, -0.05) is 6.07 Å². The number of aromatic hydroxyl groups is 1. The molecule has 1 aromatic rings. The quantitative estimate of drug-likeness (QED) is 0.812. The first-order chi connectivity index (χ1) is 11.7. The van der Waals surface area contributed by atoms with Gasteiger partial charge >= 0.3 is 0 Å².